The average Bonchev–Trinajstić information content (AvgIpc) is 3.24. The van der Waals surface area contributed by atoms with E-state index in [4.69, 9.17) is 18.9 Å². The van der Waals surface area contributed by atoms with E-state index in [-0.39, 0.29) is 18.9 Å². The van der Waals surface area contributed by atoms with Gasteiger partial charge in [0.15, 0.2) is 12.6 Å². The Labute approximate surface area is 360 Å². The molecule has 2 fully saturated rings. The third-order valence-corrected chi connectivity index (χ3v) is 11.3. The summed E-state index contributed by atoms with van der Waals surface area (Å²) >= 11 is 0. The standard InChI is InChI=1S/C46H83NO13/c1-3-5-7-9-11-13-15-16-17-18-20-21-23-25-27-29-35(50)34(47-38(51)30-28-26-24-22-19-14-12-10-8-6-4-2)33-57-45-43(56)41(54)44(37(32-49)59-45)60-46-42(55)40(53)39(52)36(31-48)58-46/h15-16,20-21,27,29,34-37,39-46,48-50,52-56H,3-14,17-19,22-26,28,30-33H2,1-2H3,(H,47,51)/b16-15+,21-20+,29-27+. The van der Waals surface area contributed by atoms with Crippen LogP contribution in [0.1, 0.15) is 155 Å². The molecule has 2 saturated heterocycles. The zero-order valence-electron chi connectivity index (χ0n) is 36.7. The van der Waals surface area contributed by atoms with Gasteiger partial charge >= 0.3 is 0 Å². The van der Waals surface area contributed by atoms with Crippen LogP contribution in [0.15, 0.2) is 36.5 Å². The quantitative estimate of drug-likeness (QED) is 0.0315. The highest BCUT2D eigenvalue weighted by molar-refractivity contribution is 5.76. The largest absolute Gasteiger partial charge is 0.394 e. The third kappa shape index (κ3) is 21.5. The summed E-state index contributed by atoms with van der Waals surface area (Å²) in [6, 6.07) is -0.931. The molecule has 0 aliphatic carbocycles. The van der Waals surface area contributed by atoms with Crippen molar-refractivity contribution >= 4 is 5.91 Å². The van der Waals surface area contributed by atoms with Gasteiger partial charge in [-0.25, -0.2) is 0 Å². The van der Waals surface area contributed by atoms with Crippen molar-refractivity contribution in [2.45, 2.75) is 229 Å². The summed E-state index contributed by atoms with van der Waals surface area (Å²) in [4.78, 5) is 13.1. The molecule has 0 radical (unpaired) electrons. The Kier molecular flexibility index (Phi) is 30.5. The Morgan fingerprint density at radius 3 is 1.63 bits per heavy atom. The minimum atomic E-state index is -1.79. The van der Waals surface area contributed by atoms with E-state index in [0.717, 1.165) is 44.9 Å². The summed E-state index contributed by atoms with van der Waals surface area (Å²) in [5.41, 5.74) is 0. The molecule has 0 bridgehead atoms. The zero-order chi connectivity index (χ0) is 44.0. The van der Waals surface area contributed by atoms with E-state index in [1.54, 1.807) is 6.08 Å². The number of allylic oxidation sites excluding steroid dienone is 5. The fourth-order valence-corrected chi connectivity index (χ4v) is 7.44. The molecule has 1 amide bonds. The van der Waals surface area contributed by atoms with Crippen LogP contribution in [0, 0.1) is 0 Å². The van der Waals surface area contributed by atoms with Crippen LogP contribution in [0.2, 0.25) is 0 Å². The highest BCUT2D eigenvalue weighted by Crippen LogP contribution is 2.30. The number of hydrogen-bond donors (Lipinski definition) is 9. The second kappa shape index (κ2) is 33.7. The van der Waals surface area contributed by atoms with Gasteiger partial charge in [0.25, 0.3) is 0 Å². The van der Waals surface area contributed by atoms with E-state index in [1.807, 2.05) is 6.08 Å². The molecule has 60 heavy (non-hydrogen) atoms. The number of rotatable bonds is 34. The molecule has 0 aromatic heterocycles. The molecule has 12 atom stereocenters. The maximum absolute atomic E-state index is 13.1. The number of aliphatic hydroxyl groups is 8. The minimum Gasteiger partial charge on any atom is -0.394 e. The second-order valence-electron chi connectivity index (χ2n) is 16.5. The average molecular weight is 858 g/mol. The molecular weight excluding hydrogens is 774 g/mol. The second-order valence-corrected chi connectivity index (χ2v) is 16.5. The number of amides is 1. The Morgan fingerprint density at radius 1 is 0.583 bits per heavy atom. The highest BCUT2D eigenvalue weighted by Gasteiger charge is 2.50. The van der Waals surface area contributed by atoms with E-state index in [1.165, 1.54) is 77.0 Å². The predicted molar refractivity (Wildman–Crippen MR) is 231 cm³/mol. The van der Waals surface area contributed by atoms with Gasteiger partial charge in [-0.1, -0.05) is 140 Å². The molecule has 14 nitrogen and oxygen atoms in total. The number of hydrogen-bond acceptors (Lipinski definition) is 13. The first-order chi connectivity index (χ1) is 29.1. The Balaban J connectivity index is 1.93. The van der Waals surface area contributed by atoms with Gasteiger partial charge in [-0.15, -0.1) is 0 Å². The summed E-state index contributed by atoms with van der Waals surface area (Å²) in [5, 5.41) is 86.4. The maximum Gasteiger partial charge on any atom is 0.220 e. The van der Waals surface area contributed by atoms with Crippen molar-refractivity contribution in [2.24, 2.45) is 0 Å². The van der Waals surface area contributed by atoms with Gasteiger partial charge in [-0.05, 0) is 44.9 Å². The maximum atomic E-state index is 13.1. The lowest BCUT2D eigenvalue weighted by atomic mass is 9.97. The van der Waals surface area contributed by atoms with Crippen molar-refractivity contribution in [3.05, 3.63) is 36.5 Å². The number of unbranched alkanes of at least 4 members (excludes halogenated alkanes) is 17. The smallest absolute Gasteiger partial charge is 0.220 e. The lowest BCUT2D eigenvalue weighted by Gasteiger charge is -2.46. The van der Waals surface area contributed by atoms with Crippen LogP contribution in [0.4, 0.5) is 0 Å². The Morgan fingerprint density at radius 2 is 1.07 bits per heavy atom. The molecule has 2 aliphatic heterocycles. The topological polar surface area (TPSA) is 228 Å². The minimum absolute atomic E-state index is 0.258. The van der Waals surface area contributed by atoms with Crippen molar-refractivity contribution < 1.29 is 64.6 Å². The number of carbonyl (C=O) groups excluding carboxylic acids is 1. The first-order valence-electron chi connectivity index (χ1n) is 23.2. The SMILES string of the molecule is CCCCCCC/C=C/CC/C=C/CC/C=C/C(O)C(COC1OC(CO)C(OC2OC(CO)C(O)C(O)C2O)C(O)C1O)NC(=O)CCCCCCCCCCCCC. The van der Waals surface area contributed by atoms with Crippen molar-refractivity contribution in [1.82, 2.24) is 5.32 Å². The molecule has 2 heterocycles. The highest BCUT2D eigenvalue weighted by atomic mass is 16.7. The van der Waals surface area contributed by atoms with Crippen molar-refractivity contribution in [2.75, 3.05) is 19.8 Å². The molecule has 0 spiro atoms. The summed E-state index contributed by atoms with van der Waals surface area (Å²) in [6.07, 6.45) is 19.1. The van der Waals surface area contributed by atoms with Gasteiger partial charge in [-0.3, -0.25) is 4.79 Å². The van der Waals surface area contributed by atoms with Crippen LogP contribution in [0.3, 0.4) is 0 Å². The van der Waals surface area contributed by atoms with Crippen LogP contribution in [-0.4, -0.2) is 140 Å². The molecule has 14 heteroatoms. The molecule has 0 aromatic rings. The zero-order valence-corrected chi connectivity index (χ0v) is 36.7. The van der Waals surface area contributed by atoms with Crippen molar-refractivity contribution in [3.63, 3.8) is 0 Å². The first-order valence-corrected chi connectivity index (χ1v) is 23.2. The van der Waals surface area contributed by atoms with Gasteiger partial charge in [-0.2, -0.15) is 0 Å². The number of carbonyl (C=O) groups is 1. The third-order valence-electron chi connectivity index (χ3n) is 11.3. The lowest BCUT2D eigenvalue weighted by Crippen LogP contribution is -2.65. The predicted octanol–water partition coefficient (Wildman–Crippen LogP) is 4.76. The monoisotopic (exact) mass is 858 g/mol. The van der Waals surface area contributed by atoms with Gasteiger partial charge in [0.2, 0.25) is 5.91 Å². The lowest BCUT2D eigenvalue weighted by molar-refractivity contribution is -0.359. The summed E-state index contributed by atoms with van der Waals surface area (Å²) in [5.74, 6) is -0.258. The number of aliphatic hydroxyl groups excluding tert-OH is 8. The molecule has 2 aliphatic rings. The van der Waals surface area contributed by atoms with Crippen LogP contribution >= 0.6 is 0 Å². The molecule has 2 rings (SSSR count). The van der Waals surface area contributed by atoms with Gasteiger partial charge in [0, 0.05) is 6.42 Å². The molecule has 12 unspecified atom stereocenters. The van der Waals surface area contributed by atoms with Gasteiger partial charge < -0.3 is 65.1 Å². The van der Waals surface area contributed by atoms with Crippen molar-refractivity contribution in [1.29, 1.82) is 0 Å². The van der Waals surface area contributed by atoms with Crippen LogP contribution < -0.4 is 5.32 Å². The van der Waals surface area contributed by atoms with Crippen molar-refractivity contribution in [3.8, 4) is 0 Å². The van der Waals surface area contributed by atoms with E-state index >= 15 is 0 Å². The molecular formula is C46H83NO13. The molecule has 0 saturated carbocycles. The fraction of sp³-hybridized carbons (Fsp3) is 0.848. The molecule has 9 N–H and O–H groups in total. The molecule has 0 aromatic carbocycles. The summed E-state index contributed by atoms with van der Waals surface area (Å²) in [6.45, 7) is 2.70. The Bertz CT molecular complexity index is 1150. The normalized spacial score (nSPS) is 28.6. The van der Waals surface area contributed by atoms with Gasteiger partial charge in [0.1, 0.15) is 48.8 Å². The van der Waals surface area contributed by atoms with E-state index in [2.05, 4.69) is 43.5 Å². The number of nitrogens with one attached hydrogen (secondary N) is 1. The fourth-order valence-electron chi connectivity index (χ4n) is 7.44. The molecule has 350 valence electrons. The van der Waals surface area contributed by atoms with E-state index < -0.39 is 86.8 Å². The summed E-state index contributed by atoms with van der Waals surface area (Å²) in [7, 11) is 0. The van der Waals surface area contributed by atoms with Crippen LogP contribution in [0.5, 0.6) is 0 Å². The number of ether oxygens (including phenoxy) is 4. The summed E-state index contributed by atoms with van der Waals surface area (Å²) < 4.78 is 22.6. The van der Waals surface area contributed by atoms with Gasteiger partial charge in [0.05, 0.1) is 32.0 Å². The van der Waals surface area contributed by atoms with Crippen LogP contribution in [-0.2, 0) is 23.7 Å². The van der Waals surface area contributed by atoms with E-state index in [9.17, 15) is 45.6 Å². The first kappa shape index (κ1) is 54.3. The van der Waals surface area contributed by atoms with Crippen LogP contribution in [0.25, 0.3) is 0 Å². The van der Waals surface area contributed by atoms with E-state index in [0.29, 0.717) is 12.8 Å². The Hall–Kier alpha value is -1.79.